The van der Waals surface area contributed by atoms with E-state index in [1.807, 2.05) is 35.8 Å². The van der Waals surface area contributed by atoms with Gasteiger partial charge in [0.25, 0.3) is 0 Å². The van der Waals surface area contributed by atoms with Crippen LogP contribution in [0.4, 0.5) is 5.69 Å². The van der Waals surface area contributed by atoms with Gasteiger partial charge >= 0.3 is 0 Å². The number of benzene rings is 2. The van der Waals surface area contributed by atoms with Crippen LogP contribution in [0.2, 0.25) is 5.02 Å². The van der Waals surface area contributed by atoms with Gasteiger partial charge in [-0.05, 0) is 47.7 Å². The number of aromatic nitrogens is 3. The largest absolute Gasteiger partial charge is 0.467 e. The molecular formula is C26H27ClN4O2S. The summed E-state index contributed by atoms with van der Waals surface area (Å²) in [6.07, 6.45) is 1.64. The van der Waals surface area contributed by atoms with Crippen molar-refractivity contribution in [3.63, 3.8) is 0 Å². The van der Waals surface area contributed by atoms with Gasteiger partial charge < -0.3 is 9.73 Å². The number of amides is 1. The van der Waals surface area contributed by atoms with E-state index in [1.54, 1.807) is 12.3 Å². The van der Waals surface area contributed by atoms with Crippen molar-refractivity contribution in [2.24, 2.45) is 0 Å². The van der Waals surface area contributed by atoms with Crippen molar-refractivity contribution >= 4 is 35.0 Å². The fraction of sp³-hybridized carbons (Fsp3) is 0.269. The number of carbonyl (C=O) groups is 1. The smallest absolute Gasteiger partial charge is 0.234 e. The lowest BCUT2D eigenvalue weighted by atomic mass is 9.87. The van der Waals surface area contributed by atoms with E-state index in [9.17, 15) is 4.79 Å². The van der Waals surface area contributed by atoms with Crippen molar-refractivity contribution in [1.29, 1.82) is 0 Å². The molecule has 0 spiro atoms. The van der Waals surface area contributed by atoms with E-state index < -0.39 is 0 Å². The first kappa shape index (κ1) is 24.1. The topological polar surface area (TPSA) is 73.0 Å². The molecule has 4 rings (SSSR count). The molecule has 176 valence electrons. The average Bonchev–Trinajstić information content (AvgIpc) is 3.45. The van der Waals surface area contributed by atoms with Crippen LogP contribution in [-0.2, 0) is 16.8 Å². The minimum Gasteiger partial charge on any atom is -0.467 e. The van der Waals surface area contributed by atoms with Gasteiger partial charge in [-0.2, -0.15) is 0 Å². The van der Waals surface area contributed by atoms with Gasteiger partial charge in [-0.15, -0.1) is 10.2 Å². The molecule has 4 aromatic rings. The quantitative estimate of drug-likeness (QED) is 0.294. The minimum absolute atomic E-state index is 0.0656. The van der Waals surface area contributed by atoms with Crippen LogP contribution in [0.5, 0.6) is 0 Å². The summed E-state index contributed by atoms with van der Waals surface area (Å²) in [5, 5.41) is 13.0. The number of rotatable bonds is 7. The molecule has 0 aliphatic heterocycles. The summed E-state index contributed by atoms with van der Waals surface area (Å²) in [4.78, 5) is 12.6. The molecule has 2 aromatic carbocycles. The molecule has 0 atom stereocenters. The van der Waals surface area contributed by atoms with Crippen molar-refractivity contribution in [2.45, 2.75) is 44.8 Å². The van der Waals surface area contributed by atoms with Gasteiger partial charge in [0, 0.05) is 16.3 Å². The normalized spacial score (nSPS) is 11.6. The maximum atomic E-state index is 12.6. The highest BCUT2D eigenvalue weighted by Gasteiger charge is 2.19. The fourth-order valence-electron chi connectivity index (χ4n) is 3.49. The monoisotopic (exact) mass is 494 g/mol. The van der Waals surface area contributed by atoms with Crippen molar-refractivity contribution in [3.05, 3.63) is 82.8 Å². The number of furan rings is 1. The molecule has 0 aliphatic rings. The van der Waals surface area contributed by atoms with Crippen LogP contribution < -0.4 is 5.32 Å². The predicted octanol–water partition coefficient (Wildman–Crippen LogP) is 6.58. The molecule has 34 heavy (non-hydrogen) atoms. The highest BCUT2D eigenvalue weighted by molar-refractivity contribution is 7.99. The van der Waals surface area contributed by atoms with Gasteiger partial charge in [0.15, 0.2) is 11.0 Å². The maximum absolute atomic E-state index is 12.6. The van der Waals surface area contributed by atoms with Crippen LogP contribution >= 0.6 is 23.4 Å². The minimum atomic E-state index is -0.140. The zero-order chi connectivity index (χ0) is 24.3. The Morgan fingerprint density at radius 3 is 2.53 bits per heavy atom. The average molecular weight is 495 g/mol. The Kier molecular flexibility index (Phi) is 7.14. The summed E-state index contributed by atoms with van der Waals surface area (Å²) in [5.74, 6) is 1.56. The summed E-state index contributed by atoms with van der Waals surface area (Å²) < 4.78 is 7.55. The van der Waals surface area contributed by atoms with E-state index in [1.165, 1.54) is 17.3 Å². The van der Waals surface area contributed by atoms with Crippen LogP contribution in [0.25, 0.3) is 11.4 Å². The molecule has 1 amide bonds. The van der Waals surface area contributed by atoms with Crippen LogP contribution in [0, 0.1) is 6.92 Å². The van der Waals surface area contributed by atoms with E-state index in [-0.39, 0.29) is 17.1 Å². The van der Waals surface area contributed by atoms with E-state index in [0.717, 1.165) is 22.7 Å². The molecule has 1 N–H and O–H groups in total. The first-order valence-corrected chi connectivity index (χ1v) is 12.3. The van der Waals surface area contributed by atoms with Gasteiger partial charge in [0.2, 0.25) is 5.91 Å². The molecule has 0 aliphatic carbocycles. The summed E-state index contributed by atoms with van der Waals surface area (Å²) in [5.41, 5.74) is 3.81. The SMILES string of the molecule is Cc1c(Cl)cccc1NC(=O)CSc1nnc(-c2ccc(C(C)(C)C)cc2)n1Cc1ccco1. The lowest BCUT2D eigenvalue weighted by Crippen LogP contribution is -2.15. The van der Waals surface area contributed by atoms with Gasteiger partial charge in [0.05, 0.1) is 18.6 Å². The van der Waals surface area contributed by atoms with Crippen molar-refractivity contribution < 1.29 is 9.21 Å². The van der Waals surface area contributed by atoms with Crippen molar-refractivity contribution in [1.82, 2.24) is 14.8 Å². The van der Waals surface area contributed by atoms with Crippen molar-refractivity contribution in [3.8, 4) is 11.4 Å². The molecule has 2 heterocycles. The highest BCUT2D eigenvalue weighted by Crippen LogP contribution is 2.29. The number of nitrogens with zero attached hydrogens (tertiary/aromatic N) is 3. The summed E-state index contributed by atoms with van der Waals surface area (Å²) >= 11 is 7.50. The molecule has 0 fully saturated rings. The van der Waals surface area contributed by atoms with Gasteiger partial charge in [-0.1, -0.05) is 74.5 Å². The number of halogens is 1. The van der Waals surface area contributed by atoms with E-state index in [4.69, 9.17) is 16.0 Å². The van der Waals surface area contributed by atoms with Crippen LogP contribution in [0.1, 0.15) is 37.7 Å². The number of anilines is 1. The predicted molar refractivity (Wildman–Crippen MR) is 138 cm³/mol. The third kappa shape index (κ3) is 5.54. The Morgan fingerprint density at radius 2 is 1.85 bits per heavy atom. The Balaban J connectivity index is 1.55. The Morgan fingerprint density at radius 1 is 1.09 bits per heavy atom. The van der Waals surface area contributed by atoms with Crippen LogP contribution in [0.3, 0.4) is 0 Å². The molecule has 0 unspecified atom stereocenters. The fourth-order valence-corrected chi connectivity index (χ4v) is 4.40. The Bertz CT molecular complexity index is 1280. The molecule has 6 nitrogen and oxygen atoms in total. The molecule has 0 bridgehead atoms. The number of hydrogen-bond acceptors (Lipinski definition) is 5. The molecule has 0 saturated heterocycles. The Labute approximate surface area is 208 Å². The maximum Gasteiger partial charge on any atom is 0.234 e. The second-order valence-electron chi connectivity index (χ2n) is 9.05. The number of nitrogens with one attached hydrogen (secondary N) is 1. The third-order valence-electron chi connectivity index (χ3n) is 5.49. The van der Waals surface area contributed by atoms with E-state index in [0.29, 0.717) is 22.4 Å². The summed E-state index contributed by atoms with van der Waals surface area (Å²) in [6, 6.07) is 17.6. The lowest BCUT2D eigenvalue weighted by Gasteiger charge is -2.19. The van der Waals surface area contributed by atoms with Crippen LogP contribution in [0.15, 0.2) is 70.4 Å². The second-order valence-corrected chi connectivity index (χ2v) is 10.4. The van der Waals surface area contributed by atoms with E-state index in [2.05, 4.69) is 60.6 Å². The molecule has 0 radical (unpaired) electrons. The molecular weight excluding hydrogens is 468 g/mol. The molecule has 0 saturated carbocycles. The van der Waals surface area contributed by atoms with Crippen molar-refractivity contribution in [2.75, 3.05) is 11.1 Å². The summed E-state index contributed by atoms with van der Waals surface area (Å²) in [6.45, 7) is 8.90. The first-order valence-electron chi connectivity index (χ1n) is 11.0. The zero-order valence-corrected chi connectivity index (χ0v) is 21.2. The highest BCUT2D eigenvalue weighted by atomic mass is 35.5. The third-order valence-corrected chi connectivity index (χ3v) is 6.87. The van der Waals surface area contributed by atoms with Crippen LogP contribution in [-0.4, -0.2) is 26.4 Å². The lowest BCUT2D eigenvalue weighted by molar-refractivity contribution is -0.113. The number of hydrogen-bond donors (Lipinski definition) is 1. The molecule has 2 aromatic heterocycles. The number of carbonyl (C=O) groups excluding carboxylic acids is 1. The van der Waals surface area contributed by atoms with Gasteiger partial charge in [-0.25, -0.2) is 0 Å². The molecule has 8 heteroatoms. The standard InChI is InChI=1S/C26H27ClN4O2S/c1-17-21(27)8-5-9-22(17)28-23(32)16-34-25-30-29-24(31(25)15-20-7-6-14-33-20)18-10-12-19(13-11-18)26(2,3)4/h5-14H,15-16H2,1-4H3,(H,28,32). The second kappa shape index (κ2) is 10.1. The number of thioether (sulfide) groups is 1. The zero-order valence-electron chi connectivity index (χ0n) is 19.6. The van der Waals surface area contributed by atoms with E-state index >= 15 is 0 Å². The summed E-state index contributed by atoms with van der Waals surface area (Å²) in [7, 11) is 0. The van der Waals surface area contributed by atoms with Gasteiger partial charge in [-0.3, -0.25) is 9.36 Å². The first-order chi connectivity index (χ1) is 16.2. The van der Waals surface area contributed by atoms with Gasteiger partial charge in [0.1, 0.15) is 5.76 Å². The Hall–Kier alpha value is -3.03.